The molecular formula is C16H19N3OS. The average Bonchev–Trinajstić information content (AvgIpc) is 2.87. The fraction of sp³-hybridized carbons (Fsp3) is 0.375. The van der Waals surface area contributed by atoms with Crippen LogP contribution in [-0.2, 0) is 11.3 Å². The number of hydrogen-bond donors (Lipinski definition) is 1. The zero-order valence-electron chi connectivity index (χ0n) is 12.2. The normalized spacial score (nSPS) is 21.1. The molecule has 0 unspecified atom stereocenters. The summed E-state index contributed by atoms with van der Waals surface area (Å²) in [5, 5.41) is 1.08. The number of anilines is 1. The second kappa shape index (κ2) is 5.48. The Morgan fingerprint density at radius 2 is 2.24 bits per heavy atom. The fourth-order valence-corrected chi connectivity index (χ4v) is 3.83. The van der Waals surface area contributed by atoms with Gasteiger partial charge in [0, 0.05) is 22.8 Å². The Kier molecular flexibility index (Phi) is 3.68. The number of primary amides is 1. The number of aromatic nitrogens is 1. The van der Waals surface area contributed by atoms with Crippen LogP contribution in [0.5, 0.6) is 0 Å². The second-order valence-corrected chi connectivity index (χ2v) is 6.89. The Bertz CT molecular complexity index is 667. The summed E-state index contributed by atoms with van der Waals surface area (Å²) in [6.07, 6.45) is 2.71. The van der Waals surface area contributed by atoms with Crippen LogP contribution in [0.3, 0.4) is 0 Å². The third-order valence-corrected chi connectivity index (χ3v) is 4.97. The Labute approximate surface area is 128 Å². The van der Waals surface area contributed by atoms with Crippen molar-refractivity contribution in [2.45, 2.75) is 38.8 Å². The zero-order chi connectivity index (χ0) is 15.0. The van der Waals surface area contributed by atoms with E-state index in [1.165, 1.54) is 4.88 Å². The summed E-state index contributed by atoms with van der Waals surface area (Å²) in [6.45, 7) is 5.00. The first-order valence-electron chi connectivity index (χ1n) is 7.12. The van der Waals surface area contributed by atoms with Gasteiger partial charge in [-0.05, 0) is 31.9 Å². The Morgan fingerprint density at radius 3 is 2.90 bits per heavy atom. The lowest BCUT2D eigenvalue weighted by Gasteiger charge is -2.39. The molecule has 0 saturated heterocycles. The number of hydrogen-bond acceptors (Lipinski definition) is 4. The Balaban J connectivity index is 1.97. The van der Waals surface area contributed by atoms with Gasteiger partial charge in [-0.1, -0.05) is 18.2 Å². The number of carbonyl (C=O) groups excluding carboxylic acids is 1. The van der Waals surface area contributed by atoms with Gasteiger partial charge >= 0.3 is 0 Å². The molecule has 0 fully saturated rings. The molecule has 0 spiro atoms. The van der Waals surface area contributed by atoms with Crippen LogP contribution in [0.4, 0.5) is 5.69 Å². The Morgan fingerprint density at radius 1 is 1.48 bits per heavy atom. The number of nitrogens with zero attached hydrogens (tertiary/aromatic N) is 2. The summed E-state index contributed by atoms with van der Waals surface area (Å²) >= 11 is 1.72. The van der Waals surface area contributed by atoms with Crippen LogP contribution in [0, 0.1) is 6.92 Å². The van der Waals surface area contributed by atoms with Crippen molar-refractivity contribution in [3.8, 4) is 0 Å². The van der Waals surface area contributed by atoms with Gasteiger partial charge in [-0.3, -0.25) is 4.79 Å². The number of thiazole rings is 1. The van der Waals surface area contributed by atoms with Crippen molar-refractivity contribution in [3.05, 3.63) is 45.9 Å². The highest BCUT2D eigenvalue weighted by molar-refractivity contribution is 7.11. The van der Waals surface area contributed by atoms with Crippen LogP contribution < -0.4 is 10.6 Å². The monoisotopic (exact) mass is 301 g/mol. The Hall–Kier alpha value is -1.88. The summed E-state index contributed by atoms with van der Waals surface area (Å²) < 4.78 is 0. The lowest BCUT2D eigenvalue weighted by molar-refractivity contribution is -0.119. The van der Waals surface area contributed by atoms with E-state index >= 15 is 0 Å². The van der Waals surface area contributed by atoms with E-state index in [1.807, 2.05) is 31.3 Å². The third kappa shape index (κ3) is 2.65. The van der Waals surface area contributed by atoms with Gasteiger partial charge in [-0.2, -0.15) is 0 Å². The summed E-state index contributed by atoms with van der Waals surface area (Å²) in [5.41, 5.74) is 7.74. The molecule has 4 nitrogen and oxygen atoms in total. The molecule has 2 N–H and O–H groups in total. The molecule has 0 aliphatic carbocycles. The topological polar surface area (TPSA) is 59.2 Å². The lowest BCUT2D eigenvalue weighted by Crippen LogP contribution is -2.41. The van der Waals surface area contributed by atoms with E-state index in [-0.39, 0.29) is 17.9 Å². The highest BCUT2D eigenvalue weighted by Gasteiger charge is 2.33. The predicted octanol–water partition coefficient (Wildman–Crippen LogP) is 2.82. The lowest BCUT2D eigenvalue weighted by atomic mass is 9.85. The summed E-state index contributed by atoms with van der Waals surface area (Å²) in [4.78, 5) is 19.6. The SMILES string of the molecule is Cc1ncc(CN2c3ccccc3[C@@H](C(N)=O)C[C@H]2C)s1. The number of aryl methyl sites for hydroxylation is 1. The molecule has 21 heavy (non-hydrogen) atoms. The number of rotatable bonds is 3. The summed E-state index contributed by atoms with van der Waals surface area (Å²) in [7, 11) is 0. The number of para-hydroxylation sites is 1. The minimum Gasteiger partial charge on any atom is -0.369 e. The van der Waals surface area contributed by atoms with Gasteiger partial charge in [0.2, 0.25) is 5.91 Å². The predicted molar refractivity (Wildman–Crippen MR) is 85.5 cm³/mol. The maximum Gasteiger partial charge on any atom is 0.225 e. The molecule has 2 heterocycles. The van der Waals surface area contributed by atoms with Gasteiger partial charge in [-0.25, -0.2) is 4.98 Å². The molecule has 1 aromatic heterocycles. The first kappa shape index (κ1) is 14.1. The van der Waals surface area contributed by atoms with E-state index in [2.05, 4.69) is 22.9 Å². The number of amides is 1. The first-order chi connectivity index (χ1) is 10.1. The van der Waals surface area contributed by atoms with Crippen LogP contribution in [-0.4, -0.2) is 16.9 Å². The second-order valence-electron chi connectivity index (χ2n) is 5.57. The van der Waals surface area contributed by atoms with Crippen molar-refractivity contribution in [1.82, 2.24) is 4.98 Å². The van der Waals surface area contributed by atoms with E-state index in [4.69, 9.17) is 5.73 Å². The van der Waals surface area contributed by atoms with Crippen molar-refractivity contribution in [2.24, 2.45) is 5.73 Å². The number of benzene rings is 1. The first-order valence-corrected chi connectivity index (χ1v) is 7.94. The molecular weight excluding hydrogens is 282 g/mol. The summed E-state index contributed by atoms with van der Waals surface area (Å²) in [6, 6.07) is 8.36. The highest BCUT2D eigenvalue weighted by atomic mass is 32.1. The minimum absolute atomic E-state index is 0.185. The molecule has 3 rings (SSSR count). The minimum atomic E-state index is -0.234. The van der Waals surface area contributed by atoms with Crippen molar-refractivity contribution < 1.29 is 4.79 Å². The molecule has 110 valence electrons. The van der Waals surface area contributed by atoms with Gasteiger partial charge < -0.3 is 10.6 Å². The average molecular weight is 301 g/mol. The number of carbonyl (C=O) groups is 1. The van der Waals surface area contributed by atoms with E-state index < -0.39 is 0 Å². The molecule has 1 aliphatic rings. The summed E-state index contributed by atoms with van der Waals surface area (Å²) in [5.74, 6) is -0.418. The van der Waals surface area contributed by atoms with Crippen molar-refractivity contribution in [2.75, 3.05) is 4.90 Å². The maximum absolute atomic E-state index is 11.7. The molecule has 1 aromatic carbocycles. The van der Waals surface area contributed by atoms with E-state index in [0.29, 0.717) is 0 Å². The molecule has 0 saturated carbocycles. The number of fused-ring (bicyclic) bond motifs is 1. The van der Waals surface area contributed by atoms with E-state index in [1.54, 1.807) is 11.3 Å². The fourth-order valence-electron chi connectivity index (χ4n) is 3.03. The van der Waals surface area contributed by atoms with Gasteiger partial charge in [-0.15, -0.1) is 11.3 Å². The van der Waals surface area contributed by atoms with Crippen LogP contribution in [0.1, 0.15) is 34.7 Å². The van der Waals surface area contributed by atoms with Crippen LogP contribution in [0.15, 0.2) is 30.5 Å². The van der Waals surface area contributed by atoms with E-state index in [9.17, 15) is 4.79 Å². The van der Waals surface area contributed by atoms with Crippen LogP contribution >= 0.6 is 11.3 Å². The van der Waals surface area contributed by atoms with Crippen LogP contribution in [0.25, 0.3) is 0 Å². The molecule has 0 bridgehead atoms. The van der Waals surface area contributed by atoms with Crippen molar-refractivity contribution >= 4 is 22.9 Å². The van der Waals surface area contributed by atoms with Crippen LogP contribution in [0.2, 0.25) is 0 Å². The molecule has 0 radical (unpaired) electrons. The molecule has 2 atom stereocenters. The zero-order valence-corrected chi connectivity index (χ0v) is 13.1. The van der Waals surface area contributed by atoms with Gasteiger partial charge in [0.15, 0.2) is 0 Å². The maximum atomic E-state index is 11.7. The highest BCUT2D eigenvalue weighted by Crippen LogP contribution is 2.39. The van der Waals surface area contributed by atoms with Gasteiger partial charge in [0.05, 0.1) is 17.5 Å². The molecule has 2 aromatic rings. The molecule has 1 amide bonds. The molecule has 1 aliphatic heterocycles. The van der Waals surface area contributed by atoms with Gasteiger partial charge in [0.1, 0.15) is 0 Å². The largest absolute Gasteiger partial charge is 0.369 e. The standard InChI is InChI=1S/C16H19N3OS/c1-10-7-14(16(17)20)13-5-3-4-6-15(13)19(10)9-12-8-18-11(2)21-12/h3-6,8,10,14H,7,9H2,1-2H3,(H2,17,20)/t10-,14+/m1/s1. The van der Waals surface area contributed by atoms with Crippen molar-refractivity contribution in [1.29, 1.82) is 0 Å². The quantitative estimate of drug-likeness (QED) is 0.948. The van der Waals surface area contributed by atoms with Crippen molar-refractivity contribution in [3.63, 3.8) is 0 Å². The van der Waals surface area contributed by atoms with Gasteiger partial charge in [0.25, 0.3) is 0 Å². The third-order valence-electron chi connectivity index (χ3n) is 4.07. The molecule has 5 heteroatoms. The smallest absolute Gasteiger partial charge is 0.225 e. The van der Waals surface area contributed by atoms with E-state index in [0.717, 1.165) is 29.2 Å². The number of nitrogens with two attached hydrogens (primary N) is 1.